The Bertz CT molecular complexity index is 375. The van der Waals surface area contributed by atoms with Crippen LogP contribution in [0.5, 0.6) is 0 Å². The first-order valence-electron chi connectivity index (χ1n) is 6.74. The number of sulfonamides is 1. The van der Waals surface area contributed by atoms with E-state index >= 15 is 0 Å². The van der Waals surface area contributed by atoms with Crippen LogP contribution < -0.4 is 5.32 Å². The average molecular weight is 292 g/mol. The van der Waals surface area contributed by atoms with E-state index in [0.717, 1.165) is 6.42 Å². The second kappa shape index (κ2) is 7.81. The van der Waals surface area contributed by atoms with Crippen molar-refractivity contribution in [3.05, 3.63) is 0 Å². The number of rotatable bonds is 7. The smallest absolute Gasteiger partial charge is 0.221 e. The Kier molecular flexibility index (Phi) is 6.74. The van der Waals surface area contributed by atoms with Gasteiger partial charge >= 0.3 is 0 Å². The van der Waals surface area contributed by atoms with Crippen LogP contribution >= 0.6 is 0 Å². The van der Waals surface area contributed by atoms with Crippen LogP contribution in [-0.4, -0.2) is 57.2 Å². The average Bonchev–Trinajstić information content (AvgIpc) is 2.37. The van der Waals surface area contributed by atoms with Gasteiger partial charge in [-0.2, -0.15) is 4.31 Å². The molecule has 1 N–H and O–H groups in total. The van der Waals surface area contributed by atoms with E-state index in [0.29, 0.717) is 38.8 Å². The lowest BCUT2D eigenvalue weighted by Crippen LogP contribution is -2.42. The molecular weight excluding hydrogens is 268 g/mol. The minimum Gasteiger partial charge on any atom is -0.379 e. The molecule has 6 nitrogen and oxygen atoms in total. The molecule has 0 saturated carbocycles. The Balaban J connectivity index is 2.28. The minimum absolute atomic E-state index is 0.0256. The van der Waals surface area contributed by atoms with E-state index in [4.69, 9.17) is 4.74 Å². The zero-order chi connectivity index (χ0) is 14.3. The molecule has 0 bridgehead atoms. The molecule has 1 aliphatic rings. The number of hydrogen-bond donors (Lipinski definition) is 1. The third-order valence-corrected chi connectivity index (χ3v) is 4.87. The summed E-state index contributed by atoms with van der Waals surface area (Å²) >= 11 is 0. The lowest BCUT2D eigenvalue weighted by atomic mass is 10.1. The van der Waals surface area contributed by atoms with Gasteiger partial charge < -0.3 is 10.1 Å². The molecule has 0 atom stereocenters. The van der Waals surface area contributed by atoms with Crippen molar-refractivity contribution in [2.75, 3.05) is 38.6 Å². The van der Waals surface area contributed by atoms with Gasteiger partial charge in [0.25, 0.3) is 0 Å². The number of ether oxygens (including phenoxy) is 1. The Hall–Kier alpha value is -0.660. The summed E-state index contributed by atoms with van der Waals surface area (Å²) in [7, 11) is -3.33. The van der Waals surface area contributed by atoms with Crippen LogP contribution in [0.4, 0.5) is 0 Å². The number of amides is 1. The van der Waals surface area contributed by atoms with Crippen molar-refractivity contribution in [1.29, 1.82) is 0 Å². The van der Waals surface area contributed by atoms with Gasteiger partial charge in [-0.1, -0.05) is 13.8 Å². The molecule has 0 unspecified atom stereocenters. The maximum atomic E-state index is 12.0. The SMILES string of the molecule is CC(C)CCNC(=O)CCS(=O)(=O)N1CCOCC1. The molecule has 19 heavy (non-hydrogen) atoms. The van der Waals surface area contributed by atoms with E-state index in [1.165, 1.54) is 4.31 Å². The fourth-order valence-corrected chi connectivity index (χ4v) is 3.17. The second-order valence-electron chi connectivity index (χ2n) is 5.11. The molecule has 1 amide bonds. The topological polar surface area (TPSA) is 75.7 Å². The van der Waals surface area contributed by atoms with E-state index in [9.17, 15) is 13.2 Å². The third-order valence-electron chi connectivity index (χ3n) is 2.99. The quantitative estimate of drug-likeness (QED) is 0.727. The van der Waals surface area contributed by atoms with Crippen LogP contribution in [0.15, 0.2) is 0 Å². The van der Waals surface area contributed by atoms with E-state index in [1.807, 2.05) is 0 Å². The monoisotopic (exact) mass is 292 g/mol. The molecule has 0 aromatic carbocycles. The van der Waals surface area contributed by atoms with Gasteiger partial charge in [-0.25, -0.2) is 8.42 Å². The summed E-state index contributed by atoms with van der Waals surface area (Å²) in [6.07, 6.45) is 0.930. The lowest BCUT2D eigenvalue weighted by molar-refractivity contribution is -0.120. The van der Waals surface area contributed by atoms with Crippen molar-refractivity contribution in [1.82, 2.24) is 9.62 Å². The Morgan fingerprint density at radius 3 is 2.53 bits per heavy atom. The summed E-state index contributed by atoms with van der Waals surface area (Å²) in [5.41, 5.74) is 0. The summed E-state index contributed by atoms with van der Waals surface area (Å²) in [5, 5.41) is 2.74. The van der Waals surface area contributed by atoms with Crippen LogP contribution in [0.1, 0.15) is 26.7 Å². The fraction of sp³-hybridized carbons (Fsp3) is 0.917. The standard InChI is InChI=1S/C12H24N2O4S/c1-11(2)3-5-13-12(15)4-10-19(16,17)14-6-8-18-9-7-14/h11H,3-10H2,1-2H3,(H,13,15). The summed E-state index contributed by atoms with van der Waals surface area (Å²) in [6, 6.07) is 0. The van der Waals surface area contributed by atoms with Crippen LogP contribution in [0.3, 0.4) is 0 Å². The molecule has 0 aromatic heterocycles. The molecule has 0 aromatic rings. The van der Waals surface area contributed by atoms with Gasteiger partial charge in [-0.05, 0) is 12.3 Å². The first kappa shape index (κ1) is 16.4. The molecular formula is C12H24N2O4S. The number of nitrogens with one attached hydrogen (secondary N) is 1. The molecule has 0 spiro atoms. The highest BCUT2D eigenvalue weighted by Crippen LogP contribution is 2.07. The normalized spacial score (nSPS) is 17.6. The highest BCUT2D eigenvalue weighted by atomic mass is 32.2. The van der Waals surface area contributed by atoms with Gasteiger partial charge in [0.05, 0.1) is 19.0 Å². The molecule has 112 valence electrons. The zero-order valence-corrected chi connectivity index (χ0v) is 12.5. The number of morpholine rings is 1. The summed E-state index contributed by atoms with van der Waals surface area (Å²) in [4.78, 5) is 11.5. The van der Waals surface area contributed by atoms with E-state index in [1.54, 1.807) is 0 Å². The Morgan fingerprint density at radius 2 is 1.95 bits per heavy atom. The molecule has 0 radical (unpaired) electrons. The maximum absolute atomic E-state index is 12.0. The van der Waals surface area contributed by atoms with Crippen molar-refractivity contribution in [3.8, 4) is 0 Å². The number of hydrogen-bond acceptors (Lipinski definition) is 4. The summed E-state index contributed by atoms with van der Waals surface area (Å²) in [5.74, 6) is 0.204. The highest BCUT2D eigenvalue weighted by Gasteiger charge is 2.24. The molecule has 0 aliphatic carbocycles. The van der Waals surface area contributed by atoms with Crippen molar-refractivity contribution in [2.24, 2.45) is 5.92 Å². The van der Waals surface area contributed by atoms with Crippen LogP contribution in [0.25, 0.3) is 0 Å². The van der Waals surface area contributed by atoms with Gasteiger partial charge in [0.2, 0.25) is 15.9 Å². The van der Waals surface area contributed by atoms with E-state index < -0.39 is 10.0 Å². The maximum Gasteiger partial charge on any atom is 0.221 e. The number of carbonyl (C=O) groups excluding carboxylic acids is 1. The molecule has 1 rings (SSSR count). The number of nitrogens with zero attached hydrogens (tertiary/aromatic N) is 1. The third kappa shape index (κ3) is 6.35. The largest absolute Gasteiger partial charge is 0.379 e. The first-order chi connectivity index (χ1) is 8.92. The summed E-state index contributed by atoms with van der Waals surface area (Å²) < 4.78 is 30.4. The molecule has 1 heterocycles. The van der Waals surface area contributed by atoms with Gasteiger partial charge in [0.1, 0.15) is 0 Å². The predicted molar refractivity (Wildman–Crippen MR) is 73.3 cm³/mol. The van der Waals surface area contributed by atoms with Gasteiger partial charge in [0.15, 0.2) is 0 Å². The molecule has 7 heteroatoms. The highest BCUT2D eigenvalue weighted by molar-refractivity contribution is 7.89. The van der Waals surface area contributed by atoms with Crippen molar-refractivity contribution in [2.45, 2.75) is 26.7 Å². The Morgan fingerprint density at radius 1 is 1.32 bits per heavy atom. The molecule has 1 saturated heterocycles. The predicted octanol–water partition coefficient (Wildman–Crippen LogP) is 0.201. The van der Waals surface area contributed by atoms with Crippen molar-refractivity contribution >= 4 is 15.9 Å². The molecule has 1 aliphatic heterocycles. The van der Waals surface area contributed by atoms with Crippen molar-refractivity contribution in [3.63, 3.8) is 0 Å². The molecule has 1 fully saturated rings. The zero-order valence-electron chi connectivity index (χ0n) is 11.7. The van der Waals surface area contributed by atoms with Gasteiger partial charge in [-0.3, -0.25) is 4.79 Å². The lowest BCUT2D eigenvalue weighted by Gasteiger charge is -2.25. The van der Waals surface area contributed by atoms with Crippen LogP contribution in [0.2, 0.25) is 0 Å². The minimum atomic E-state index is -3.33. The summed E-state index contributed by atoms with van der Waals surface area (Å²) in [6.45, 7) is 6.40. The van der Waals surface area contributed by atoms with Crippen molar-refractivity contribution < 1.29 is 17.9 Å². The van der Waals surface area contributed by atoms with Gasteiger partial charge in [-0.15, -0.1) is 0 Å². The van der Waals surface area contributed by atoms with Crippen LogP contribution in [0, 0.1) is 5.92 Å². The Labute approximate surface area is 115 Å². The van der Waals surface area contributed by atoms with E-state index in [-0.39, 0.29) is 18.1 Å². The van der Waals surface area contributed by atoms with Gasteiger partial charge in [0, 0.05) is 26.1 Å². The van der Waals surface area contributed by atoms with Crippen LogP contribution in [-0.2, 0) is 19.6 Å². The number of carbonyl (C=O) groups is 1. The van der Waals surface area contributed by atoms with E-state index in [2.05, 4.69) is 19.2 Å². The second-order valence-corrected chi connectivity index (χ2v) is 7.20. The first-order valence-corrected chi connectivity index (χ1v) is 8.35. The fourth-order valence-electron chi connectivity index (χ4n) is 1.76.